The molecule has 0 radical (unpaired) electrons. The minimum Gasteiger partial charge on any atom is -0.481 e. The van der Waals surface area contributed by atoms with Gasteiger partial charge in [0.25, 0.3) is 0 Å². The number of hydrogen-bond acceptors (Lipinski definition) is 3. The van der Waals surface area contributed by atoms with Gasteiger partial charge in [0.05, 0.1) is 6.42 Å². The molecule has 0 aliphatic heterocycles. The average molecular weight is 205 g/mol. The van der Waals surface area contributed by atoms with Crippen molar-refractivity contribution in [2.45, 2.75) is 19.8 Å². The maximum Gasteiger partial charge on any atom is 0.307 e. The van der Waals surface area contributed by atoms with Crippen LogP contribution in [0.1, 0.15) is 18.3 Å². The molecule has 0 aliphatic carbocycles. The summed E-state index contributed by atoms with van der Waals surface area (Å²) in [5.41, 5.74) is 1.48. The molecule has 1 N–H and O–H groups in total. The van der Waals surface area contributed by atoms with E-state index in [2.05, 4.69) is 10.1 Å². The van der Waals surface area contributed by atoms with Crippen LogP contribution in [0.5, 0.6) is 0 Å². The number of aliphatic carboxylic acids is 1. The van der Waals surface area contributed by atoms with Gasteiger partial charge in [0, 0.05) is 12.6 Å². The van der Waals surface area contributed by atoms with Crippen molar-refractivity contribution in [2.24, 2.45) is 0 Å². The van der Waals surface area contributed by atoms with Crippen molar-refractivity contribution >= 4 is 11.6 Å². The highest BCUT2D eigenvalue weighted by Gasteiger charge is 2.04. The molecule has 2 aromatic heterocycles. The van der Waals surface area contributed by atoms with Gasteiger partial charge in [-0.15, -0.1) is 0 Å². The van der Waals surface area contributed by atoms with E-state index in [1.165, 1.54) is 0 Å². The lowest BCUT2D eigenvalue weighted by molar-refractivity contribution is -0.136. The molecule has 0 amide bonds. The van der Waals surface area contributed by atoms with Gasteiger partial charge < -0.3 is 5.11 Å². The van der Waals surface area contributed by atoms with Gasteiger partial charge in [-0.25, -0.2) is 9.50 Å². The minimum absolute atomic E-state index is 0.0112. The Morgan fingerprint density at radius 1 is 1.53 bits per heavy atom. The molecule has 0 aromatic carbocycles. The average Bonchev–Trinajstić information content (AvgIpc) is 2.58. The van der Waals surface area contributed by atoms with Crippen LogP contribution in [0.15, 0.2) is 18.3 Å². The fourth-order valence-electron chi connectivity index (χ4n) is 1.40. The summed E-state index contributed by atoms with van der Waals surface area (Å²) in [6.07, 6.45) is 2.49. The van der Waals surface area contributed by atoms with Crippen LogP contribution in [0.3, 0.4) is 0 Å². The molecule has 78 valence electrons. The van der Waals surface area contributed by atoms with Gasteiger partial charge >= 0.3 is 5.97 Å². The van der Waals surface area contributed by atoms with Gasteiger partial charge in [0.1, 0.15) is 0 Å². The first-order valence-electron chi connectivity index (χ1n) is 4.75. The topological polar surface area (TPSA) is 67.5 Å². The molecule has 0 bridgehead atoms. The molecule has 2 rings (SSSR count). The summed E-state index contributed by atoms with van der Waals surface area (Å²) in [6, 6.07) is 3.54. The molecule has 5 nitrogen and oxygen atoms in total. The number of aryl methyl sites for hydroxylation is 1. The lowest BCUT2D eigenvalue weighted by Gasteiger charge is -1.96. The third-order valence-electron chi connectivity index (χ3n) is 2.11. The normalized spacial score (nSPS) is 10.7. The molecule has 0 saturated carbocycles. The Labute approximate surface area is 86.4 Å². The molecule has 0 atom stereocenters. The summed E-state index contributed by atoms with van der Waals surface area (Å²) in [7, 11) is 0. The van der Waals surface area contributed by atoms with Gasteiger partial charge in [-0.3, -0.25) is 4.79 Å². The van der Waals surface area contributed by atoms with Crippen molar-refractivity contribution in [3.05, 3.63) is 29.7 Å². The summed E-state index contributed by atoms with van der Waals surface area (Å²) >= 11 is 0. The molecule has 0 spiro atoms. The van der Waals surface area contributed by atoms with Crippen LogP contribution in [-0.4, -0.2) is 25.7 Å². The Kier molecular flexibility index (Phi) is 2.37. The van der Waals surface area contributed by atoms with Gasteiger partial charge in [-0.1, -0.05) is 13.0 Å². The van der Waals surface area contributed by atoms with E-state index < -0.39 is 5.97 Å². The quantitative estimate of drug-likeness (QED) is 0.809. The van der Waals surface area contributed by atoms with Crippen LogP contribution >= 0.6 is 0 Å². The maximum absolute atomic E-state index is 10.5. The van der Waals surface area contributed by atoms with Crippen molar-refractivity contribution in [1.29, 1.82) is 0 Å². The smallest absolute Gasteiger partial charge is 0.307 e. The maximum atomic E-state index is 10.5. The van der Waals surface area contributed by atoms with E-state index in [0.29, 0.717) is 0 Å². The first-order chi connectivity index (χ1) is 7.19. The second kappa shape index (κ2) is 3.68. The number of carbonyl (C=O) groups is 1. The Hall–Kier alpha value is -1.91. The van der Waals surface area contributed by atoms with Gasteiger partial charge in [-0.2, -0.15) is 5.10 Å². The van der Waals surface area contributed by atoms with Gasteiger partial charge in [-0.05, 0) is 11.6 Å². The van der Waals surface area contributed by atoms with Crippen LogP contribution in [0.25, 0.3) is 5.65 Å². The third-order valence-corrected chi connectivity index (χ3v) is 2.11. The number of rotatable bonds is 3. The number of hydrogen-bond donors (Lipinski definition) is 1. The summed E-state index contributed by atoms with van der Waals surface area (Å²) in [5.74, 6) is -0.0762. The van der Waals surface area contributed by atoms with Crippen molar-refractivity contribution in [3.8, 4) is 0 Å². The van der Waals surface area contributed by atoms with Crippen LogP contribution in [-0.2, 0) is 17.6 Å². The van der Waals surface area contributed by atoms with Gasteiger partial charge in [0.2, 0.25) is 0 Å². The predicted octanol–water partition coefficient (Wildman–Crippen LogP) is 0.919. The molecule has 0 aliphatic rings. The molecule has 2 heterocycles. The molecular weight excluding hydrogens is 194 g/mol. The van der Waals surface area contributed by atoms with E-state index in [-0.39, 0.29) is 6.42 Å². The van der Waals surface area contributed by atoms with Crippen LogP contribution < -0.4 is 0 Å². The highest BCUT2D eigenvalue weighted by molar-refractivity contribution is 5.70. The lowest BCUT2D eigenvalue weighted by atomic mass is 10.2. The molecule has 0 unspecified atom stereocenters. The van der Waals surface area contributed by atoms with E-state index in [1.807, 2.05) is 6.92 Å². The monoisotopic (exact) mass is 205 g/mol. The molecule has 0 saturated heterocycles. The predicted molar refractivity (Wildman–Crippen MR) is 53.7 cm³/mol. The summed E-state index contributed by atoms with van der Waals surface area (Å²) in [4.78, 5) is 14.8. The summed E-state index contributed by atoms with van der Waals surface area (Å²) < 4.78 is 1.62. The minimum atomic E-state index is -0.842. The number of aromatic nitrogens is 3. The third kappa shape index (κ3) is 1.96. The highest BCUT2D eigenvalue weighted by atomic mass is 16.4. The van der Waals surface area contributed by atoms with E-state index in [9.17, 15) is 4.79 Å². The zero-order chi connectivity index (χ0) is 10.8. The zero-order valence-electron chi connectivity index (χ0n) is 8.34. The van der Waals surface area contributed by atoms with E-state index >= 15 is 0 Å². The van der Waals surface area contributed by atoms with Crippen molar-refractivity contribution in [3.63, 3.8) is 0 Å². The van der Waals surface area contributed by atoms with Crippen molar-refractivity contribution in [1.82, 2.24) is 14.6 Å². The number of carboxylic acids is 1. The Bertz CT molecular complexity index is 504. The molecule has 15 heavy (non-hydrogen) atoms. The summed E-state index contributed by atoms with van der Waals surface area (Å²) in [6.45, 7) is 1.98. The fourth-order valence-corrected chi connectivity index (χ4v) is 1.40. The van der Waals surface area contributed by atoms with Crippen molar-refractivity contribution in [2.75, 3.05) is 0 Å². The summed E-state index contributed by atoms with van der Waals surface area (Å²) in [5, 5.41) is 12.9. The number of fused-ring (bicyclic) bond motifs is 1. The van der Waals surface area contributed by atoms with Gasteiger partial charge in [0.15, 0.2) is 11.5 Å². The first kappa shape index (κ1) is 9.64. The second-order valence-corrected chi connectivity index (χ2v) is 3.29. The standard InChI is InChI=1S/C10H11N3O2/c1-2-8-11-9-4-3-7(5-10(14)15)6-13(9)12-8/h3-4,6H,2,5H2,1H3,(H,14,15). The highest BCUT2D eigenvalue weighted by Crippen LogP contribution is 2.06. The lowest BCUT2D eigenvalue weighted by Crippen LogP contribution is -2.01. The Morgan fingerprint density at radius 2 is 2.33 bits per heavy atom. The number of nitrogens with zero attached hydrogens (tertiary/aromatic N) is 3. The van der Waals surface area contributed by atoms with Crippen LogP contribution in [0.2, 0.25) is 0 Å². The number of carboxylic acid groups (broad SMARTS) is 1. The SMILES string of the molecule is CCc1nc2ccc(CC(=O)O)cn2n1. The largest absolute Gasteiger partial charge is 0.481 e. The van der Waals surface area contributed by atoms with E-state index in [4.69, 9.17) is 5.11 Å². The van der Waals surface area contributed by atoms with Crippen LogP contribution in [0, 0.1) is 0 Å². The first-order valence-corrected chi connectivity index (χ1v) is 4.75. The second-order valence-electron chi connectivity index (χ2n) is 3.29. The molecule has 0 fully saturated rings. The van der Waals surface area contributed by atoms with Crippen molar-refractivity contribution < 1.29 is 9.90 Å². The number of pyridine rings is 1. The molecule has 5 heteroatoms. The van der Waals surface area contributed by atoms with Crippen LogP contribution in [0.4, 0.5) is 0 Å². The Morgan fingerprint density at radius 3 is 3.00 bits per heavy atom. The Balaban J connectivity index is 2.41. The zero-order valence-corrected chi connectivity index (χ0v) is 8.34. The van der Waals surface area contributed by atoms with E-state index in [0.717, 1.165) is 23.5 Å². The van der Waals surface area contributed by atoms with E-state index in [1.54, 1.807) is 22.8 Å². The molecule has 2 aromatic rings. The molecular formula is C10H11N3O2. The fraction of sp³-hybridized carbons (Fsp3) is 0.300.